The van der Waals surface area contributed by atoms with E-state index in [0.717, 1.165) is 44.5 Å². The monoisotopic (exact) mass is 928 g/mol. The number of nitrogens with zero attached hydrogens (tertiary/aromatic N) is 6. The van der Waals surface area contributed by atoms with Gasteiger partial charge < -0.3 is 25.4 Å². The predicted octanol–water partition coefficient (Wildman–Crippen LogP) is 7.04. The summed E-state index contributed by atoms with van der Waals surface area (Å²) in [5.74, 6) is -0.368. The number of hydrogen-bond donors (Lipinski definition) is 3. The number of halogens is 1. The Hall–Kier alpha value is -7.78. The number of carbonyl (C=O) groups is 3. The predicted molar refractivity (Wildman–Crippen MR) is 261 cm³/mol. The van der Waals surface area contributed by atoms with Gasteiger partial charge in [0.25, 0.3) is 5.56 Å². The molecule has 14 nitrogen and oxygen atoms in total. The molecule has 4 aromatic carbocycles. The number of fused-ring (bicyclic) bond motifs is 4. The first kappa shape index (κ1) is 46.3. The molecule has 1 saturated heterocycles. The van der Waals surface area contributed by atoms with Gasteiger partial charge in [0.15, 0.2) is 5.52 Å². The van der Waals surface area contributed by atoms with Crippen molar-refractivity contribution in [2.24, 2.45) is 7.05 Å². The van der Waals surface area contributed by atoms with Gasteiger partial charge in [-0.1, -0.05) is 91.9 Å². The van der Waals surface area contributed by atoms with E-state index < -0.39 is 5.60 Å². The molecule has 1 aliphatic heterocycles. The molecule has 3 aromatic heterocycles. The molecule has 3 N–H and O–H groups in total. The molecule has 0 radical (unpaired) electrons. The molecule has 0 bridgehead atoms. The van der Waals surface area contributed by atoms with E-state index in [1.807, 2.05) is 97.9 Å². The maximum absolute atomic E-state index is 14.3. The molecule has 1 fully saturated rings. The molecule has 0 spiro atoms. The van der Waals surface area contributed by atoms with Gasteiger partial charge in [0.1, 0.15) is 17.9 Å². The Balaban J connectivity index is 0.724. The minimum Gasteiger partial charge on any atom is -0.475 e. The van der Waals surface area contributed by atoms with Crippen molar-refractivity contribution in [3.63, 3.8) is 0 Å². The fourth-order valence-corrected chi connectivity index (χ4v) is 9.21. The van der Waals surface area contributed by atoms with Gasteiger partial charge in [-0.15, -0.1) is 0 Å². The molecule has 7 aromatic rings. The SMILES string of the molecule is C[C@H](CC(=O)N1CCC(O)(Cn2cnc3c(-c4ccc(CNC(=O)CCC(=O)NCCOc5ncccc5C=C5c6ccccc6-c6ccc(F)cc65)cc4)n(C)nc3c2=O)CC1)c1ccccc1. The zero-order chi connectivity index (χ0) is 48.1. The maximum Gasteiger partial charge on any atom is 0.281 e. The molecule has 1 aliphatic carbocycles. The third kappa shape index (κ3) is 10.4. The number of benzene rings is 4. The van der Waals surface area contributed by atoms with Crippen molar-refractivity contribution in [1.82, 2.24) is 39.8 Å². The lowest BCUT2D eigenvalue weighted by atomic mass is 9.90. The molecule has 15 heteroatoms. The van der Waals surface area contributed by atoms with Crippen LogP contribution in [0.5, 0.6) is 5.88 Å². The van der Waals surface area contributed by atoms with E-state index in [-0.39, 0.29) is 79.6 Å². The molecule has 352 valence electrons. The quantitative estimate of drug-likeness (QED) is 0.0860. The molecule has 0 saturated carbocycles. The van der Waals surface area contributed by atoms with Gasteiger partial charge >= 0.3 is 0 Å². The highest BCUT2D eigenvalue weighted by Crippen LogP contribution is 2.45. The first-order valence-electron chi connectivity index (χ1n) is 23.2. The molecule has 1 atom stereocenters. The summed E-state index contributed by atoms with van der Waals surface area (Å²) in [5.41, 5.74) is 7.80. The van der Waals surface area contributed by atoms with Gasteiger partial charge in [-0.3, -0.25) is 28.4 Å². The number of piperidine rings is 1. The Morgan fingerprint density at radius 3 is 2.32 bits per heavy atom. The van der Waals surface area contributed by atoms with Gasteiger partial charge in [0.05, 0.1) is 30.7 Å². The van der Waals surface area contributed by atoms with E-state index in [4.69, 9.17) is 4.74 Å². The van der Waals surface area contributed by atoms with E-state index in [9.17, 15) is 28.7 Å². The van der Waals surface area contributed by atoms with Crippen LogP contribution in [0.3, 0.4) is 0 Å². The van der Waals surface area contributed by atoms with E-state index in [0.29, 0.717) is 55.0 Å². The average Bonchev–Trinajstić information content (AvgIpc) is 3.86. The van der Waals surface area contributed by atoms with Crippen LogP contribution < -0.4 is 20.9 Å². The number of aromatic nitrogens is 5. The Kier molecular flexibility index (Phi) is 13.6. The summed E-state index contributed by atoms with van der Waals surface area (Å²) in [4.78, 5) is 63.0. The van der Waals surface area contributed by atoms with Gasteiger partial charge in [-0.25, -0.2) is 14.4 Å². The normalized spacial score (nSPS) is 14.8. The number of rotatable bonds is 16. The molecule has 3 amide bonds. The molecule has 9 rings (SSSR count). The van der Waals surface area contributed by atoms with Crippen LogP contribution in [-0.2, 0) is 34.5 Å². The summed E-state index contributed by atoms with van der Waals surface area (Å²) in [6, 6.07) is 33.8. The van der Waals surface area contributed by atoms with Crippen molar-refractivity contribution in [2.45, 2.75) is 63.6 Å². The number of aliphatic hydroxyl groups is 1. The third-order valence-electron chi connectivity index (χ3n) is 13.0. The van der Waals surface area contributed by atoms with Crippen LogP contribution in [0, 0.1) is 5.82 Å². The molecular weight excluding hydrogens is 876 g/mol. The number of aryl methyl sites for hydroxylation is 1. The summed E-state index contributed by atoms with van der Waals surface area (Å²) >= 11 is 0. The summed E-state index contributed by atoms with van der Waals surface area (Å²) in [7, 11) is 1.74. The van der Waals surface area contributed by atoms with Gasteiger partial charge in [-0.2, -0.15) is 5.10 Å². The van der Waals surface area contributed by atoms with Crippen LogP contribution in [0.25, 0.3) is 45.1 Å². The van der Waals surface area contributed by atoms with Crippen molar-refractivity contribution < 1.29 is 28.6 Å². The fraction of sp³-hybridized carbons (Fsp3) is 0.278. The van der Waals surface area contributed by atoms with Crippen molar-refractivity contribution in [1.29, 1.82) is 0 Å². The van der Waals surface area contributed by atoms with Crippen molar-refractivity contribution in [3.8, 4) is 28.3 Å². The fourth-order valence-electron chi connectivity index (χ4n) is 9.21. The van der Waals surface area contributed by atoms with E-state index in [2.05, 4.69) is 25.7 Å². The number of carbonyl (C=O) groups excluding carboxylic acids is 3. The third-order valence-corrected chi connectivity index (χ3v) is 13.0. The standard InChI is InChI=1S/C54H53FN8O6/c1-35(37-9-4-3-5-10-37)29-48(66)62-26-22-54(68,23-27-62)33-63-34-59-49-50(53(63)67)60-61(2)51(49)38-16-14-36(15-17-38)32-58-47(65)21-20-46(64)56-25-28-69-52-39(11-8-24-57-52)30-44-42-13-7-6-12-41(42)43-19-18-40(55)31-45(43)44/h3-19,24,30-31,34-35,68H,20-23,25-29,32-33H2,1-2H3,(H,56,64)(H,58,65)/t35-/m1/s1. The smallest absolute Gasteiger partial charge is 0.281 e. The molecule has 4 heterocycles. The van der Waals surface area contributed by atoms with Gasteiger partial charge in [0.2, 0.25) is 23.6 Å². The van der Waals surface area contributed by atoms with Gasteiger partial charge in [-0.05, 0) is 88.1 Å². The Morgan fingerprint density at radius 1 is 0.841 bits per heavy atom. The van der Waals surface area contributed by atoms with Gasteiger partial charge in [0, 0.05) is 63.3 Å². The molecule has 69 heavy (non-hydrogen) atoms. The molecule has 0 unspecified atom stereocenters. The number of pyridine rings is 1. The Labute approximate surface area is 398 Å². The Morgan fingerprint density at radius 2 is 1.55 bits per heavy atom. The summed E-state index contributed by atoms with van der Waals surface area (Å²) < 4.78 is 23.3. The Bertz CT molecular complexity index is 3120. The number of likely N-dealkylation sites (tertiary alicyclic amines) is 1. The number of amides is 3. The summed E-state index contributed by atoms with van der Waals surface area (Å²) in [5, 5.41) is 21.7. The second kappa shape index (κ2) is 20.2. The second-order valence-electron chi connectivity index (χ2n) is 17.8. The minimum atomic E-state index is -1.18. The number of ether oxygens (including phenoxy) is 1. The lowest BCUT2D eigenvalue weighted by Crippen LogP contribution is -2.49. The van der Waals surface area contributed by atoms with E-state index >= 15 is 0 Å². The minimum absolute atomic E-state index is 0.000531. The van der Waals surface area contributed by atoms with Crippen LogP contribution in [0.1, 0.15) is 72.8 Å². The van der Waals surface area contributed by atoms with Crippen LogP contribution >= 0.6 is 0 Å². The highest BCUT2D eigenvalue weighted by molar-refractivity contribution is 6.06. The van der Waals surface area contributed by atoms with Crippen LogP contribution in [0.4, 0.5) is 4.39 Å². The van der Waals surface area contributed by atoms with Crippen LogP contribution in [-0.4, -0.2) is 83.9 Å². The molecule has 2 aliphatic rings. The molecular formula is C54H53FN8O6. The first-order valence-corrected chi connectivity index (χ1v) is 23.2. The first-order chi connectivity index (χ1) is 33.4. The number of nitrogens with one attached hydrogen (secondary N) is 2. The second-order valence-corrected chi connectivity index (χ2v) is 17.8. The largest absolute Gasteiger partial charge is 0.475 e. The van der Waals surface area contributed by atoms with Crippen molar-refractivity contribution in [2.75, 3.05) is 26.2 Å². The highest BCUT2D eigenvalue weighted by atomic mass is 19.1. The summed E-state index contributed by atoms with van der Waals surface area (Å²) in [6.45, 7) is 3.48. The van der Waals surface area contributed by atoms with Crippen molar-refractivity contribution >= 4 is 40.4 Å². The van der Waals surface area contributed by atoms with Crippen molar-refractivity contribution in [3.05, 3.63) is 166 Å². The maximum atomic E-state index is 14.3. The van der Waals surface area contributed by atoms with E-state index in [1.54, 1.807) is 35.0 Å². The topological polar surface area (TPSA) is 174 Å². The highest BCUT2D eigenvalue weighted by Gasteiger charge is 2.35. The summed E-state index contributed by atoms with van der Waals surface area (Å²) in [6.07, 6.45) is 6.07. The lowest BCUT2D eigenvalue weighted by molar-refractivity contribution is -0.136. The zero-order valence-electron chi connectivity index (χ0n) is 38.5. The van der Waals surface area contributed by atoms with Crippen LogP contribution in [0.2, 0.25) is 0 Å². The van der Waals surface area contributed by atoms with E-state index in [1.165, 1.54) is 23.0 Å². The van der Waals surface area contributed by atoms with Crippen LogP contribution in [0.15, 0.2) is 127 Å². The average molecular weight is 929 g/mol. The zero-order valence-corrected chi connectivity index (χ0v) is 38.5. The lowest BCUT2D eigenvalue weighted by Gasteiger charge is -2.38. The number of hydrogen-bond acceptors (Lipinski definition) is 9.